The van der Waals surface area contributed by atoms with E-state index >= 15 is 0 Å². The van der Waals surface area contributed by atoms with Crippen LogP contribution in [0.1, 0.15) is 26.3 Å². The zero-order chi connectivity index (χ0) is 19.6. The molecule has 0 saturated carbocycles. The predicted molar refractivity (Wildman–Crippen MR) is 96.6 cm³/mol. The number of morpholine rings is 1. The number of aliphatic carboxylic acids is 1. The first kappa shape index (κ1) is 20.4. The molecule has 0 aliphatic carbocycles. The van der Waals surface area contributed by atoms with Crippen LogP contribution in [0.25, 0.3) is 0 Å². The molecule has 1 saturated heterocycles. The van der Waals surface area contributed by atoms with Gasteiger partial charge in [-0.15, -0.1) is 0 Å². The van der Waals surface area contributed by atoms with Crippen LogP contribution >= 0.6 is 0 Å². The minimum absolute atomic E-state index is 0.217. The fourth-order valence-corrected chi connectivity index (χ4v) is 5.17. The number of carboxylic acids is 1. The summed E-state index contributed by atoms with van der Waals surface area (Å²) in [5, 5.41) is 9.76. The van der Waals surface area contributed by atoms with Gasteiger partial charge in [0.15, 0.2) is 14.6 Å². The molecule has 1 aliphatic heterocycles. The predicted octanol–water partition coefficient (Wildman–Crippen LogP) is 1.12. The molecule has 26 heavy (non-hydrogen) atoms. The maximum atomic E-state index is 13.3. The van der Waals surface area contributed by atoms with Gasteiger partial charge in [-0.1, -0.05) is 30.3 Å². The van der Waals surface area contributed by atoms with Crippen LogP contribution < -0.4 is 0 Å². The number of carboxylic acid groups (broad SMARTS) is 1. The van der Waals surface area contributed by atoms with Gasteiger partial charge >= 0.3 is 5.97 Å². The summed E-state index contributed by atoms with van der Waals surface area (Å²) in [6, 6.07) is 8.55. The summed E-state index contributed by atoms with van der Waals surface area (Å²) < 4.78 is 27.9. The van der Waals surface area contributed by atoms with Gasteiger partial charge in [0, 0.05) is 19.5 Å². The Hall–Kier alpha value is -1.93. The van der Waals surface area contributed by atoms with Crippen LogP contribution in [0, 0.1) is 0 Å². The summed E-state index contributed by atoms with van der Waals surface area (Å²) in [6.07, 6.45) is -0.217. The molecule has 0 bridgehead atoms. The number of benzene rings is 1. The normalized spacial score (nSPS) is 18.2. The van der Waals surface area contributed by atoms with Crippen molar-refractivity contribution in [1.29, 1.82) is 0 Å². The molecule has 8 heteroatoms. The molecule has 1 fully saturated rings. The van der Waals surface area contributed by atoms with Gasteiger partial charge in [-0.2, -0.15) is 0 Å². The number of hydrogen-bond donors (Lipinski definition) is 1. The smallest absolute Gasteiger partial charge is 0.325 e. The molecule has 1 aliphatic rings. The van der Waals surface area contributed by atoms with Crippen molar-refractivity contribution in [3.05, 3.63) is 35.9 Å². The Morgan fingerprint density at radius 2 is 1.65 bits per heavy atom. The van der Waals surface area contributed by atoms with Gasteiger partial charge in [0.05, 0.1) is 13.2 Å². The molecule has 144 valence electrons. The number of ether oxygens (including phenoxy) is 1. The first-order valence-electron chi connectivity index (χ1n) is 8.42. The number of hydrogen-bond acceptors (Lipinski definition) is 5. The van der Waals surface area contributed by atoms with Gasteiger partial charge in [0.25, 0.3) is 0 Å². The van der Waals surface area contributed by atoms with Gasteiger partial charge < -0.3 is 14.7 Å². The fourth-order valence-electron chi connectivity index (χ4n) is 3.10. The Balaban J connectivity index is 2.42. The van der Waals surface area contributed by atoms with E-state index in [9.17, 15) is 23.1 Å². The van der Waals surface area contributed by atoms with Crippen molar-refractivity contribution in [1.82, 2.24) is 4.90 Å². The monoisotopic (exact) mass is 383 g/mol. The number of amides is 1. The van der Waals surface area contributed by atoms with Crippen molar-refractivity contribution in [3.63, 3.8) is 0 Å². The lowest BCUT2D eigenvalue weighted by atomic mass is 10.0. The molecular formula is C18H25NO6S. The van der Waals surface area contributed by atoms with E-state index in [0.717, 1.165) is 0 Å². The van der Waals surface area contributed by atoms with Crippen molar-refractivity contribution < 1.29 is 27.9 Å². The minimum Gasteiger partial charge on any atom is -0.480 e. The van der Waals surface area contributed by atoms with Crippen molar-refractivity contribution in [2.75, 3.05) is 26.3 Å². The average molecular weight is 383 g/mol. The van der Waals surface area contributed by atoms with Gasteiger partial charge in [0.1, 0.15) is 4.75 Å². The molecule has 7 nitrogen and oxygen atoms in total. The zero-order valence-electron chi connectivity index (χ0n) is 15.3. The summed E-state index contributed by atoms with van der Waals surface area (Å²) in [5.74, 6) is -2.06. The first-order chi connectivity index (χ1) is 12.0. The summed E-state index contributed by atoms with van der Waals surface area (Å²) in [5.41, 5.74) is 0.579. The Morgan fingerprint density at radius 3 is 2.15 bits per heavy atom. The Bertz CT molecular complexity index is 768. The second-order valence-electron chi connectivity index (χ2n) is 7.12. The lowest BCUT2D eigenvalue weighted by Crippen LogP contribution is -2.60. The van der Waals surface area contributed by atoms with Crippen molar-refractivity contribution >= 4 is 21.7 Å². The molecule has 0 spiro atoms. The fraction of sp³-hybridized carbons (Fsp3) is 0.556. The number of carbonyl (C=O) groups is 2. The summed E-state index contributed by atoms with van der Waals surface area (Å²) in [4.78, 5) is 26.3. The van der Waals surface area contributed by atoms with Crippen LogP contribution in [-0.4, -0.2) is 66.1 Å². The highest BCUT2D eigenvalue weighted by Gasteiger charge is 2.57. The average Bonchev–Trinajstić information content (AvgIpc) is 2.62. The van der Waals surface area contributed by atoms with Crippen LogP contribution in [0.4, 0.5) is 0 Å². The Labute approximate surface area is 153 Å². The summed E-state index contributed by atoms with van der Waals surface area (Å²) >= 11 is 0. The van der Waals surface area contributed by atoms with E-state index in [1.165, 1.54) is 25.7 Å². The molecule has 1 atom stereocenters. The van der Waals surface area contributed by atoms with Crippen LogP contribution in [-0.2, 0) is 30.6 Å². The molecule has 1 unspecified atom stereocenters. The third-order valence-corrected chi connectivity index (χ3v) is 7.94. The topological polar surface area (TPSA) is 101 Å². The van der Waals surface area contributed by atoms with Crippen LogP contribution in [0.2, 0.25) is 0 Å². The van der Waals surface area contributed by atoms with Gasteiger partial charge in [0.2, 0.25) is 5.91 Å². The molecule has 1 heterocycles. The molecule has 1 aromatic carbocycles. The Kier molecular flexibility index (Phi) is 5.77. The van der Waals surface area contributed by atoms with Crippen LogP contribution in [0.3, 0.4) is 0 Å². The van der Waals surface area contributed by atoms with Crippen LogP contribution in [0.15, 0.2) is 30.3 Å². The van der Waals surface area contributed by atoms with Crippen molar-refractivity contribution in [2.45, 2.75) is 36.7 Å². The quantitative estimate of drug-likeness (QED) is 0.790. The van der Waals surface area contributed by atoms with Crippen molar-refractivity contribution in [2.24, 2.45) is 0 Å². The maximum absolute atomic E-state index is 13.3. The minimum atomic E-state index is -4.38. The van der Waals surface area contributed by atoms with Crippen molar-refractivity contribution in [3.8, 4) is 0 Å². The lowest BCUT2D eigenvalue weighted by Gasteiger charge is -2.38. The van der Waals surface area contributed by atoms with E-state index in [2.05, 4.69) is 0 Å². The van der Waals surface area contributed by atoms with E-state index in [1.54, 1.807) is 30.3 Å². The zero-order valence-corrected chi connectivity index (χ0v) is 16.1. The molecule has 1 amide bonds. The largest absolute Gasteiger partial charge is 0.480 e. The second kappa shape index (κ2) is 7.36. The first-order valence-corrected chi connectivity index (χ1v) is 9.91. The second-order valence-corrected chi connectivity index (χ2v) is 10.0. The Morgan fingerprint density at radius 1 is 1.12 bits per heavy atom. The van der Waals surface area contributed by atoms with E-state index < -0.39 is 31.2 Å². The highest BCUT2D eigenvalue weighted by Crippen LogP contribution is 2.34. The highest BCUT2D eigenvalue weighted by molar-refractivity contribution is 7.95. The SMILES string of the molecule is CC(C)(C(=O)N1CCOCC1)S(=O)(=O)C(C)(Cc1ccccc1)C(=O)O. The molecule has 0 radical (unpaired) electrons. The summed E-state index contributed by atoms with van der Waals surface area (Å²) in [6.45, 7) is 5.00. The van der Waals surface area contributed by atoms with Gasteiger partial charge in [-0.25, -0.2) is 8.42 Å². The van der Waals surface area contributed by atoms with Crippen LogP contribution in [0.5, 0.6) is 0 Å². The third-order valence-electron chi connectivity index (χ3n) is 4.91. The molecular weight excluding hydrogens is 358 g/mol. The standard InChI is InChI=1S/C18H25NO6S/c1-17(2,15(20)19-9-11-25-12-10-19)26(23,24)18(3,16(21)22)13-14-7-5-4-6-8-14/h4-8H,9-13H2,1-3H3,(H,21,22). The van der Waals surface area contributed by atoms with Gasteiger partial charge in [-0.3, -0.25) is 9.59 Å². The van der Waals surface area contributed by atoms with E-state index in [1.807, 2.05) is 0 Å². The number of nitrogens with zero attached hydrogens (tertiary/aromatic N) is 1. The highest BCUT2D eigenvalue weighted by atomic mass is 32.2. The molecule has 1 aromatic rings. The maximum Gasteiger partial charge on any atom is 0.325 e. The number of sulfone groups is 1. The summed E-state index contributed by atoms with van der Waals surface area (Å²) in [7, 11) is -4.38. The lowest BCUT2D eigenvalue weighted by molar-refractivity contribution is -0.139. The molecule has 1 N–H and O–H groups in total. The molecule has 2 rings (SSSR count). The third kappa shape index (κ3) is 3.48. The molecule has 0 aromatic heterocycles. The van der Waals surface area contributed by atoms with Gasteiger partial charge in [-0.05, 0) is 26.3 Å². The van der Waals surface area contributed by atoms with E-state index in [0.29, 0.717) is 31.9 Å². The number of carbonyl (C=O) groups excluding carboxylic acids is 1. The van der Waals surface area contributed by atoms with E-state index in [4.69, 9.17) is 4.74 Å². The number of rotatable bonds is 6. The van der Waals surface area contributed by atoms with E-state index in [-0.39, 0.29) is 6.42 Å².